The van der Waals surface area contributed by atoms with E-state index in [4.69, 9.17) is 40.2 Å². The van der Waals surface area contributed by atoms with Crippen LogP contribution in [0, 0.1) is 0 Å². The Morgan fingerprint density at radius 2 is 1.97 bits per heavy atom. The summed E-state index contributed by atoms with van der Waals surface area (Å²) in [4.78, 5) is 16.3. The van der Waals surface area contributed by atoms with E-state index in [9.17, 15) is 4.79 Å². The van der Waals surface area contributed by atoms with Crippen LogP contribution >= 0.6 is 74.9 Å². The van der Waals surface area contributed by atoms with Crippen molar-refractivity contribution >= 4 is 96.9 Å². The number of anilines is 1. The quantitative estimate of drug-likeness (QED) is 0.162. The third-order valence-electron chi connectivity index (χ3n) is 4.76. The molecule has 1 heterocycles. The lowest BCUT2D eigenvalue weighted by Crippen LogP contribution is -2.27. The van der Waals surface area contributed by atoms with Gasteiger partial charge in [0.25, 0.3) is 5.91 Å². The van der Waals surface area contributed by atoms with Gasteiger partial charge in [0.2, 0.25) is 0 Å². The van der Waals surface area contributed by atoms with Gasteiger partial charge in [-0.25, -0.2) is 0 Å². The number of nitrogens with zero attached hydrogens (tertiary/aromatic N) is 1. The third-order valence-corrected chi connectivity index (χ3v) is 7.99. The molecule has 0 aromatic heterocycles. The Hall–Kier alpha value is -1.48. The van der Waals surface area contributed by atoms with E-state index >= 15 is 0 Å². The minimum absolute atomic E-state index is 0.128. The standard InChI is InChI=1S/C24H16BrCl2NO2S3/c1-32-18-4-2-3-17(12-18)28-23(29)22(33-24(28)31)10-14-5-8-21(19(25)9-14)30-13-15-6-7-16(26)11-20(15)27/h2-12H,13H2,1H3/b22-10+. The molecule has 9 heteroatoms. The summed E-state index contributed by atoms with van der Waals surface area (Å²) in [6.45, 7) is 0.307. The highest BCUT2D eigenvalue weighted by Crippen LogP contribution is 2.38. The number of carbonyl (C=O) groups is 1. The number of halogens is 3. The van der Waals surface area contributed by atoms with Crippen molar-refractivity contribution in [3.63, 3.8) is 0 Å². The van der Waals surface area contributed by atoms with Gasteiger partial charge in [0.15, 0.2) is 4.32 Å². The van der Waals surface area contributed by atoms with Crippen LogP contribution in [0.15, 0.2) is 74.9 Å². The van der Waals surface area contributed by atoms with Gasteiger partial charge >= 0.3 is 0 Å². The first-order chi connectivity index (χ1) is 15.9. The summed E-state index contributed by atoms with van der Waals surface area (Å²) in [6, 6.07) is 18.7. The lowest BCUT2D eigenvalue weighted by atomic mass is 10.2. The van der Waals surface area contributed by atoms with E-state index in [1.807, 2.05) is 60.9 Å². The van der Waals surface area contributed by atoms with Gasteiger partial charge in [-0.2, -0.15) is 0 Å². The second kappa shape index (κ2) is 10.8. The zero-order valence-corrected chi connectivity index (χ0v) is 22.7. The van der Waals surface area contributed by atoms with Crippen molar-refractivity contribution in [1.82, 2.24) is 0 Å². The van der Waals surface area contributed by atoms with E-state index in [-0.39, 0.29) is 5.91 Å². The van der Waals surface area contributed by atoms with Crippen LogP contribution in [0.3, 0.4) is 0 Å². The molecule has 3 aromatic rings. The Labute approximate surface area is 224 Å². The molecule has 1 amide bonds. The van der Waals surface area contributed by atoms with Gasteiger partial charge in [0.05, 0.1) is 15.1 Å². The summed E-state index contributed by atoms with van der Waals surface area (Å²) in [5.41, 5.74) is 2.47. The molecular weight excluding hydrogens is 581 g/mol. The molecule has 0 atom stereocenters. The summed E-state index contributed by atoms with van der Waals surface area (Å²) < 4.78 is 7.19. The number of thiocarbonyl (C=S) groups is 1. The van der Waals surface area contributed by atoms with E-state index in [1.54, 1.807) is 28.8 Å². The van der Waals surface area contributed by atoms with Crippen molar-refractivity contribution in [2.45, 2.75) is 11.5 Å². The maximum atomic E-state index is 13.1. The SMILES string of the molecule is CSc1cccc(N2C(=O)/C(=C\c3ccc(OCc4ccc(Cl)cc4Cl)c(Br)c3)SC2=S)c1. The molecule has 0 N–H and O–H groups in total. The molecule has 1 aliphatic heterocycles. The van der Waals surface area contributed by atoms with Crippen molar-refractivity contribution in [2.24, 2.45) is 0 Å². The van der Waals surface area contributed by atoms with Crippen LogP contribution in [-0.4, -0.2) is 16.5 Å². The molecule has 3 aromatic carbocycles. The first-order valence-electron chi connectivity index (χ1n) is 9.64. The molecule has 33 heavy (non-hydrogen) atoms. The second-order valence-corrected chi connectivity index (χ2v) is 11.2. The molecule has 0 aliphatic carbocycles. The normalized spacial score (nSPS) is 14.9. The van der Waals surface area contributed by atoms with Gasteiger partial charge < -0.3 is 4.74 Å². The van der Waals surface area contributed by atoms with Gasteiger partial charge in [0.1, 0.15) is 12.4 Å². The molecule has 1 fully saturated rings. The summed E-state index contributed by atoms with van der Waals surface area (Å²) in [5.74, 6) is 0.539. The monoisotopic (exact) mass is 595 g/mol. The van der Waals surface area contributed by atoms with E-state index in [1.165, 1.54) is 11.8 Å². The summed E-state index contributed by atoms with van der Waals surface area (Å²) in [7, 11) is 0. The molecule has 4 rings (SSSR count). The Bertz CT molecular complexity index is 1280. The number of thioether (sulfide) groups is 2. The minimum atomic E-state index is -0.128. The second-order valence-electron chi connectivity index (χ2n) is 6.93. The largest absolute Gasteiger partial charge is 0.488 e. The van der Waals surface area contributed by atoms with Gasteiger partial charge in [-0.1, -0.05) is 65.4 Å². The zero-order valence-electron chi connectivity index (χ0n) is 17.2. The highest BCUT2D eigenvalue weighted by atomic mass is 79.9. The fraction of sp³-hybridized carbons (Fsp3) is 0.0833. The first kappa shape index (κ1) is 24.6. The minimum Gasteiger partial charge on any atom is -0.488 e. The van der Waals surface area contributed by atoms with Gasteiger partial charge in [0, 0.05) is 20.5 Å². The molecule has 3 nitrogen and oxygen atoms in total. The fourth-order valence-corrected chi connectivity index (χ4v) is 5.84. The molecule has 1 aliphatic rings. The number of rotatable bonds is 6. The Morgan fingerprint density at radius 1 is 1.15 bits per heavy atom. The van der Waals surface area contributed by atoms with E-state index in [0.29, 0.717) is 31.6 Å². The number of ether oxygens (including phenoxy) is 1. The maximum Gasteiger partial charge on any atom is 0.270 e. The predicted octanol–water partition coefficient (Wildman–Crippen LogP) is 8.46. The Kier molecular flexibility index (Phi) is 8.10. The van der Waals surface area contributed by atoms with Crippen molar-refractivity contribution in [2.75, 3.05) is 11.2 Å². The van der Waals surface area contributed by atoms with Crippen LogP contribution in [0.25, 0.3) is 6.08 Å². The molecule has 168 valence electrons. The number of amides is 1. The van der Waals surface area contributed by atoms with Crippen LogP contribution in [0.2, 0.25) is 10.0 Å². The third kappa shape index (κ3) is 5.78. The van der Waals surface area contributed by atoms with Gasteiger partial charge in [-0.05, 0) is 76.3 Å². The first-order valence-corrected chi connectivity index (χ1v) is 13.6. The number of hydrogen-bond acceptors (Lipinski definition) is 5. The highest BCUT2D eigenvalue weighted by Gasteiger charge is 2.33. The Balaban J connectivity index is 1.50. The van der Waals surface area contributed by atoms with Crippen molar-refractivity contribution in [3.05, 3.63) is 91.2 Å². The smallest absolute Gasteiger partial charge is 0.270 e. The molecule has 0 radical (unpaired) electrons. The van der Waals surface area contributed by atoms with Crippen molar-refractivity contribution in [1.29, 1.82) is 0 Å². The summed E-state index contributed by atoms with van der Waals surface area (Å²) >= 11 is 24.1. The lowest BCUT2D eigenvalue weighted by Gasteiger charge is -2.15. The van der Waals surface area contributed by atoms with E-state index < -0.39 is 0 Å². The maximum absolute atomic E-state index is 13.1. The lowest BCUT2D eigenvalue weighted by molar-refractivity contribution is -0.113. The highest BCUT2D eigenvalue weighted by molar-refractivity contribution is 9.10. The number of carbonyl (C=O) groups excluding carboxylic acids is 1. The van der Waals surface area contributed by atoms with Crippen LogP contribution < -0.4 is 9.64 Å². The van der Waals surface area contributed by atoms with Crippen molar-refractivity contribution in [3.8, 4) is 5.75 Å². The van der Waals surface area contributed by atoms with Crippen LogP contribution in [0.5, 0.6) is 5.75 Å². The Morgan fingerprint density at radius 3 is 2.70 bits per heavy atom. The van der Waals surface area contributed by atoms with Crippen LogP contribution in [0.1, 0.15) is 11.1 Å². The molecule has 0 spiro atoms. The summed E-state index contributed by atoms with van der Waals surface area (Å²) in [5, 5.41) is 1.14. The molecule has 0 unspecified atom stereocenters. The van der Waals surface area contributed by atoms with Crippen LogP contribution in [0.4, 0.5) is 5.69 Å². The fourth-order valence-electron chi connectivity index (χ4n) is 3.11. The predicted molar refractivity (Wildman–Crippen MR) is 149 cm³/mol. The number of hydrogen-bond donors (Lipinski definition) is 0. The topological polar surface area (TPSA) is 29.5 Å². The molecular formula is C24H16BrCl2NO2S3. The van der Waals surface area contributed by atoms with E-state index in [2.05, 4.69) is 15.9 Å². The summed E-state index contributed by atoms with van der Waals surface area (Å²) in [6.07, 6.45) is 3.83. The van der Waals surface area contributed by atoms with E-state index in [0.717, 1.165) is 26.2 Å². The van der Waals surface area contributed by atoms with Gasteiger partial charge in [-0.3, -0.25) is 9.69 Å². The molecule has 1 saturated heterocycles. The van der Waals surface area contributed by atoms with Gasteiger partial charge in [-0.15, -0.1) is 11.8 Å². The van der Waals surface area contributed by atoms with Crippen LogP contribution in [-0.2, 0) is 11.4 Å². The molecule has 0 bridgehead atoms. The molecule has 0 saturated carbocycles. The average Bonchev–Trinajstić information content (AvgIpc) is 3.07. The number of benzene rings is 3. The van der Waals surface area contributed by atoms with Crippen molar-refractivity contribution < 1.29 is 9.53 Å². The zero-order chi connectivity index (χ0) is 23.5. The average molecular weight is 597 g/mol.